The summed E-state index contributed by atoms with van der Waals surface area (Å²) < 4.78 is 8.84. The molecule has 2 aromatic heterocycles. The number of furan rings is 1. The Kier molecular flexibility index (Phi) is 7.02. The molecule has 0 fully saturated rings. The summed E-state index contributed by atoms with van der Waals surface area (Å²) in [6.45, 7) is 9.22. The average Bonchev–Trinajstić information content (AvgIpc) is 3.66. The average molecular weight is 598 g/mol. The first-order valence-electron chi connectivity index (χ1n) is 16.7. The zero-order valence-electron chi connectivity index (χ0n) is 27.0. The third-order valence-corrected chi connectivity index (χ3v) is 10.2. The zero-order chi connectivity index (χ0) is 31.4. The van der Waals surface area contributed by atoms with Crippen LogP contribution in [0.1, 0.15) is 63.5 Å². The van der Waals surface area contributed by atoms with E-state index in [1.807, 2.05) is 6.07 Å². The van der Waals surface area contributed by atoms with Gasteiger partial charge in [0.2, 0.25) is 0 Å². The fourth-order valence-electron chi connectivity index (χ4n) is 7.24. The molecule has 2 heterocycles. The molecule has 0 N–H and O–H groups in total. The van der Waals surface area contributed by atoms with Gasteiger partial charge in [0.1, 0.15) is 11.2 Å². The normalized spacial score (nSPS) is 13.2. The van der Waals surface area contributed by atoms with Crippen molar-refractivity contribution in [2.45, 2.75) is 52.4 Å². The van der Waals surface area contributed by atoms with E-state index in [4.69, 9.17) is 4.42 Å². The van der Waals surface area contributed by atoms with Crippen molar-refractivity contribution in [3.8, 4) is 27.9 Å². The lowest BCUT2D eigenvalue weighted by Crippen LogP contribution is -2.00. The number of aromatic nitrogens is 1. The predicted molar refractivity (Wildman–Crippen MR) is 196 cm³/mol. The predicted octanol–water partition coefficient (Wildman–Crippen LogP) is 13.0. The number of hydrogen-bond acceptors (Lipinski definition) is 1. The van der Waals surface area contributed by atoms with Crippen LogP contribution >= 0.6 is 0 Å². The van der Waals surface area contributed by atoms with Crippen LogP contribution in [0.4, 0.5) is 0 Å². The second kappa shape index (κ2) is 11.4. The van der Waals surface area contributed by atoms with Crippen LogP contribution < -0.4 is 0 Å². The van der Waals surface area contributed by atoms with Crippen LogP contribution in [0.2, 0.25) is 0 Å². The van der Waals surface area contributed by atoms with Crippen LogP contribution in [-0.2, 0) is 0 Å². The zero-order valence-corrected chi connectivity index (χ0v) is 27.0. The smallest absolute Gasteiger partial charge is 0.136 e. The van der Waals surface area contributed by atoms with Crippen molar-refractivity contribution in [1.29, 1.82) is 0 Å². The lowest BCUT2D eigenvalue weighted by atomic mass is 9.91. The Balaban J connectivity index is 1.43. The maximum absolute atomic E-state index is 6.31. The van der Waals surface area contributed by atoms with Gasteiger partial charge >= 0.3 is 0 Å². The quantitative estimate of drug-likeness (QED) is 0.179. The Labute approximate surface area is 270 Å². The molecule has 0 saturated heterocycles. The standard InChI is InChI=1S/C44H39NO/c1-5-28(3)30-22-24-35-36-25-23-31(29(4)6-2)27-41(36)45(40(35)26-30)39-19-11-9-16-34(39)32-14-7-8-15-33(32)37-18-13-21-43-44(37)38-17-10-12-20-42(38)46-43/h7-29H,5-6H2,1-4H3. The molecule has 226 valence electrons. The molecule has 0 saturated carbocycles. The Morgan fingerprint density at radius 3 is 1.67 bits per heavy atom. The molecule has 6 aromatic carbocycles. The van der Waals surface area contributed by atoms with E-state index < -0.39 is 0 Å². The second-order valence-electron chi connectivity index (χ2n) is 12.8. The topological polar surface area (TPSA) is 18.1 Å². The maximum Gasteiger partial charge on any atom is 0.136 e. The van der Waals surface area contributed by atoms with Crippen molar-refractivity contribution in [1.82, 2.24) is 4.57 Å². The van der Waals surface area contributed by atoms with Gasteiger partial charge in [-0.05, 0) is 82.8 Å². The first-order valence-corrected chi connectivity index (χ1v) is 16.7. The van der Waals surface area contributed by atoms with Crippen LogP contribution in [-0.4, -0.2) is 4.57 Å². The highest BCUT2D eigenvalue weighted by Gasteiger charge is 2.21. The Bertz CT molecular complexity index is 2320. The minimum atomic E-state index is 0.493. The summed E-state index contributed by atoms with van der Waals surface area (Å²) in [6, 6.07) is 46.8. The van der Waals surface area contributed by atoms with Crippen molar-refractivity contribution in [2.24, 2.45) is 0 Å². The Hall–Kier alpha value is -5.08. The summed E-state index contributed by atoms with van der Waals surface area (Å²) in [7, 11) is 0. The summed E-state index contributed by atoms with van der Waals surface area (Å²) in [6.07, 6.45) is 2.23. The van der Waals surface area contributed by atoms with E-state index in [1.54, 1.807) is 0 Å². The summed E-state index contributed by atoms with van der Waals surface area (Å²) in [4.78, 5) is 0. The van der Waals surface area contributed by atoms with Crippen LogP contribution in [0.5, 0.6) is 0 Å². The van der Waals surface area contributed by atoms with Crippen molar-refractivity contribution in [2.75, 3.05) is 0 Å². The molecule has 2 heteroatoms. The summed E-state index contributed by atoms with van der Waals surface area (Å²) in [5, 5.41) is 4.91. The number of nitrogens with zero attached hydrogens (tertiary/aromatic N) is 1. The van der Waals surface area contributed by atoms with Gasteiger partial charge in [-0.3, -0.25) is 0 Å². The minimum absolute atomic E-state index is 0.493. The molecule has 0 amide bonds. The highest BCUT2D eigenvalue weighted by atomic mass is 16.3. The molecule has 2 atom stereocenters. The molecule has 0 bridgehead atoms. The third-order valence-electron chi connectivity index (χ3n) is 10.2. The first kappa shape index (κ1) is 28.4. The van der Waals surface area contributed by atoms with E-state index in [0.717, 1.165) is 34.8 Å². The molecule has 0 spiro atoms. The molecule has 2 nitrogen and oxygen atoms in total. The van der Waals surface area contributed by atoms with Gasteiger partial charge in [0.05, 0.1) is 16.7 Å². The van der Waals surface area contributed by atoms with Crippen LogP contribution in [0.3, 0.4) is 0 Å². The van der Waals surface area contributed by atoms with E-state index in [-0.39, 0.29) is 0 Å². The number of rotatable bonds is 7. The van der Waals surface area contributed by atoms with Crippen molar-refractivity contribution < 1.29 is 4.42 Å². The Morgan fingerprint density at radius 2 is 1.02 bits per heavy atom. The molecule has 2 unspecified atom stereocenters. The fraction of sp³-hybridized carbons (Fsp3) is 0.182. The van der Waals surface area contributed by atoms with Crippen LogP contribution in [0, 0.1) is 0 Å². The number of para-hydroxylation sites is 2. The van der Waals surface area contributed by atoms with Gasteiger partial charge in [-0.25, -0.2) is 0 Å². The van der Waals surface area contributed by atoms with E-state index >= 15 is 0 Å². The molecule has 46 heavy (non-hydrogen) atoms. The van der Waals surface area contributed by atoms with Gasteiger partial charge in [0.25, 0.3) is 0 Å². The highest BCUT2D eigenvalue weighted by Crippen LogP contribution is 2.44. The SMILES string of the molecule is CCC(C)c1ccc2c3ccc(C(C)CC)cc3n(-c3ccccc3-c3ccccc3-c3cccc4oc5ccccc5c34)c2c1. The molecule has 0 radical (unpaired) electrons. The molecular weight excluding hydrogens is 558 g/mol. The van der Waals surface area contributed by atoms with Gasteiger partial charge in [-0.2, -0.15) is 0 Å². The largest absolute Gasteiger partial charge is 0.456 e. The lowest BCUT2D eigenvalue weighted by Gasteiger charge is -2.18. The van der Waals surface area contributed by atoms with Crippen LogP contribution in [0.15, 0.2) is 132 Å². The highest BCUT2D eigenvalue weighted by molar-refractivity contribution is 6.14. The number of fused-ring (bicyclic) bond motifs is 6. The number of hydrogen-bond donors (Lipinski definition) is 0. The minimum Gasteiger partial charge on any atom is -0.456 e. The molecule has 0 aliphatic heterocycles. The van der Waals surface area contributed by atoms with Gasteiger partial charge in [-0.1, -0.05) is 125 Å². The van der Waals surface area contributed by atoms with Crippen molar-refractivity contribution in [3.63, 3.8) is 0 Å². The second-order valence-corrected chi connectivity index (χ2v) is 12.8. The summed E-state index contributed by atoms with van der Waals surface area (Å²) in [5.41, 5.74) is 13.1. The Morgan fingerprint density at radius 1 is 0.500 bits per heavy atom. The van der Waals surface area contributed by atoms with Crippen molar-refractivity contribution >= 4 is 43.7 Å². The van der Waals surface area contributed by atoms with E-state index in [2.05, 4.69) is 154 Å². The number of benzene rings is 6. The lowest BCUT2D eigenvalue weighted by molar-refractivity contribution is 0.669. The van der Waals surface area contributed by atoms with Gasteiger partial charge < -0.3 is 8.98 Å². The summed E-state index contributed by atoms with van der Waals surface area (Å²) >= 11 is 0. The third kappa shape index (κ3) is 4.47. The first-order chi connectivity index (χ1) is 22.6. The molecule has 0 aliphatic rings. The maximum atomic E-state index is 6.31. The molecule has 8 aromatic rings. The van der Waals surface area contributed by atoms with E-state index in [0.29, 0.717) is 11.8 Å². The van der Waals surface area contributed by atoms with Gasteiger partial charge in [0.15, 0.2) is 0 Å². The summed E-state index contributed by atoms with van der Waals surface area (Å²) in [5.74, 6) is 0.987. The monoisotopic (exact) mass is 597 g/mol. The van der Waals surface area contributed by atoms with E-state index in [9.17, 15) is 0 Å². The van der Waals surface area contributed by atoms with Gasteiger partial charge in [0, 0.05) is 27.1 Å². The fourth-order valence-corrected chi connectivity index (χ4v) is 7.24. The van der Waals surface area contributed by atoms with Crippen LogP contribution in [0.25, 0.3) is 71.7 Å². The molecule has 8 rings (SSSR count). The van der Waals surface area contributed by atoms with Crippen molar-refractivity contribution in [3.05, 3.63) is 139 Å². The van der Waals surface area contributed by atoms with E-state index in [1.165, 1.54) is 60.9 Å². The molecule has 0 aliphatic carbocycles. The van der Waals surface area contributed by atoms with Gasteiger partial charge in [-0.15, -0.1) is 0 Å². The molecular formula is C44H39NO.